The number of hydrogen-bond donors (Lipinski definition) is 0. The summed E-state index contributed by atoms with van der Waals surface area (Å²) < 4.78 is 7.45. The lowest BCUT2D eigenvalue weighted by molar-refractivity contribution is 0.111. The topological polar surface area (TPSA) is 30.7 Å². The molecule has 0 aliphatic rings. The second-order valence-corrected chi connectivity index (χ2v) is 6.08. The first-order valence-electron chi connectivity index (χ1n) is 7.70. The lowest BCUT2D eigenvalue weighted by Crippen LogP contribution is -1.98. The van der Waals surface area contributed by atoms with E-state index < -0.39 is 0 Å². The Morgan fingerprint density at radius 1 is 1.00 bits per heavy atom. The van der Waals surface area contributed by atoms with Crippen molar-refractivity contribution in [2.24, 2.45) is 0 Å². The molecule has 3 heteroatoms. The molecule has 0 atom stereocenters. The van der Waals surface area contributed by atoms with E-state index in [2.05, 4.69) is 39.0 Å². The minimum atomic E-state index is 0.687. The Morgan fingerprint density at radius 3 is 2.39 bits per heavy atom. The Hall–Kier alpha value is -2.55. The number of aldehydes is 1. The molecule has 1 aromatic carbocycles. The summed E-state index contributed by atoms with van der Waals surface area (Å²) >= 11 is 0. The molecular formula is C20H21NO2. The number of pyridine rings is 1. The van der Waals surface area contributed by atoms with Gasteiger partial charge in [0.25, 0.3) is 0 Å². The third-order valence-electron chi connectivity index (χ3n) is 4.60. The van der Waals surface area contributed by atoms with Crippen LogP contribution in [0.25, 0.3) is 16.6 Å². The van der Waals surface area contributed by atoms with Gasteiger partial charge < -0.3 is 9.14 Å². The van der Waals surface area contributed by atoms with Crippen molar-refractivity contribution >= 4 is 11.8 Å². The third-order valence-corrected chi connectivity index (χ3v) is 4.60. The first-order chi connectivity index (χ1) is 11.0. The number of ether oxygens (including phenoxy) is 1. The van der Waals surface area contributed by atoms with Gasteiger partial charge in [-0.05, 0) is 79.8 Å². The van der Waals surface area contributed by atoms with Gasteiger partial charge in [-0.3, -0.25) is 4.79 Å². The number of aryl methyl sites for hydroxylation is 2. The van der Waals surface area contributed by atoms with Gasteiger partial charge in [0.2, 0.25) is 0 Å². The van der Waals surface area contributed by atoms with E-state index in [0.717, 1.165) is 45.4 Å². The van der Waals surface area contributed by atoms with E-state index in [1.165, 1.54) is 5.56 Å². The number of fused-ring (bicyclic) bond motifs is 1. The normalized spacial score (nSPS) is 11.0. The highest BCUT2D eigenvalue weighted by Gasteiger charge is 2.17. The summed E-state index contributed by atoms with van der Waals surface area (Å²) in [5, 5.41) is 0. The number of hydrogen-bond acceptors (Lipinski definition) is 2. The van der Waals surface area contributed by atoms with Crippen molar-refractivity contribution < 1.29 is 9.53 Å². The molecule has 0 saturated carbocycles. The summed E-state index contributed by atoms with van der Waals surface area (Å²) in [6, 6.07) is 8.30. The van der Waals surface area contributed by atoms with Crippen molar-refractivity contribution in [3.63, 3.8) is 0 Å². The van der Waals surface area contributed by atoms with Gasteiger partial charge in [0.1, 0.15) is 5.75 Å². The summed E-state index contributed by atoms with van der Waals surface area (Å²) in [6.45, 7) is 8.23. The average molecular weight is 307 g/mol. The molecule has 0 radical (unpaired) electrons. The van der Waals surface area contributed by atoms with Gasteiger partial charge in [-0.25, -0.2) is 0 Å². The van der Waals surface area contributed by atoms with Crippen molar-refractivity contribution in [2.75, 3.05) is 7.11 Å². The van der Waals surface area contributed by atoms with Gasteiger partial charge >= 0.3 is 0 Å². The van der Waals surface area contributed by atoms with Crippen LogP contribution >= 0.6 is 0 Å². The van der Waals surface area contributed by atoms with Crippen LogP contribution in [-0.2, 0) is 0 Å². The van der Waals surface area contributed by atoms with E-state index in [1.807, 2.05) is 23.6 Å². The number of carbonyl (C=O) groups excluding carboxylic acids is 1. The maximum atomic E-state index is 11.7. The average Bonchev–Trinajstić information content (AvgIpc) is 2.88. The molecule has 0 unspecified atom stereocenters. The SMILES string of the molecule is COc1c(C)cc(-c2cc3cc(C)ccn3c2C=O)c(C)c1C. The lowest BCUT2D eigenvalue weighted by atomic mass is 9.94. The van der Waals surface area contributed by atoms with Crippen LogP contribution in [0.1, 0.15) is 32.7 Å². The van der Waals surface area contributed by atoms with Crippen molar-refractivity contribution in [1.82, 2.24) is 4.40 Å². The molecule has 0 bridgehead atoms. The monoisotopic (exact) mass is 307 g/mol. The molecule has 0 spiro atoms. The van der Waals surface area contributed by atoms with Crippen molar-refractivity contribution in [2.45, 2.75) is 27.7 Å². The molecule has 2 aromatic heterocycles. The van der Waals surface area contributed by atoms with Gasteiger partial charge in [-0.15, -0.1) is 0 Å². The molecule has 2 heterocycles. The minimum absolute atomic E-state index is 0.687. The molecule has 0 fully saturated rings. The molecule has 0 saturated heterocycles. The van der Waals surface area contributed by atoms with E-state index in [0.29, 0.717) is 5.69 Å². The lowest BCUT2D eigenvalue weighted by Gasteiger charge is -2.15. The maximum absolute atomic E-state index is 11.7. The van der Waals surface area contributed by atoms with Crippen molar-refractivity contribution in [3.05, 3.63) is 58.4 Å². The Labute approximate surface area is 136 Å². The molecule has 0 amide bonds. The fourth-order valence-corrected chi connectivity index (χ4v) is 3.30. The van der Waals surface area contributed by atoms with E-state index in [4.69, 9.17) is 4.74 Å². The van der Waals surface area contributed by atoms with Gasteiger partial charge in [0, 0.05) is 17.3 Å². The van der Waals surface area contributed by atoms with Crippen molar-refractivity contribution in [1.29, 1.82) is 0 Å². The predicted octanol–water partition coefficient (Wildman–Crippen LogP) is 4.66. The molecule has 23 heavy (non-hydrogen) atoms. The fraction of sp³-hybridized carbons (Fsp3) is 0.250. The second-order valence-electron chi connectivity index (χ2n) is 6.08. The largest absolute Gasteiger partial charge is 0.496 e. The Morgan fingerprint density at radius 2 is 1.74 bits per heavy atom. The smallest absolute Gasteiger partial charge is 0.167 e. The highest BCUT2D eigenvalue weighted by molar-refractivity contribution is 5.91. The number of benzene rings is 1. The number of nitrogens with zero attached hydrogens (tertiary/aromatic N) is 1. The van der Waals surface area contributed by atoms with Crippen LogP contribution in [-0.4, -0.2) is 17.8 Å². The van der Waals surface area contributed by atoms with Crippen LogP contribution in [0, 0.1) is 27.7 Å². The van der Waals surface area contributed by atoms with Crippen LogP contribution in [0.2, 0.25) is 0 Å². The first-order valence-corrected chi connectivity index (χ1v) is 7.70. The summed E-state index contributed by atoms with van der Waals surface area (Å²) in [7, 11) is 1.70. The first kappa shape index (κ1) is 15.3. The predicted molar refractivity (Wildman–Crippen MR) is 93.7 cm³/mol. The van der Waals surface area contributed by atoms with Gasteiger partial charge in [0.05, 0.1) is 12.8 Å². The summed E-state index contributed by atoms with van der Waals surface area (Å²) in [6.07, 6.45) is 2.89. The minimum Gasteiger partial charge on any atom is -0.496 e. The zero-order valence-corrected chi connectivity index (χ0v) is 14.2. The Kier molecular flexibility index (Phi) is 3.72. The third kappa shape index (κ3) is 2.33. The Balaban J connectivity index is 2.35. The second kappa shape index (κ2) is 5.58. The number of methoxy groups -OCH3 is 1. The number of carbonyl (C=O) groups is 1. The molecule has 3 aromatic rings. The standard InChI is InChI=1S/C20H21NO2/c1-12-6-7-21-16(8-12)10-18(19(21)11-22)17-9-13(2)20(23-5)15(4)14(17)3/h6-11H,1-5H3. The number of rotatable bonds is 3. The molecular weight excluding hydrogens is 286 g/mol. The zero-order valence-electron chi connectivity index (χ0n) is 14.2. The summed E-state index contributed by atoms with van der Waals surface area (Å²) in [5.74, 6) is 0.915. The molecule has 118 valence electrons. The molecule has 0 aliphatic carbocycles. The molecule has 3 nitrogen and oxygen atoms in total. The van der Waals surface area contributed by atoms with E-state index in [-0.39, 0.29) is 0 Å². The molecule has 0 N–H and O–H groups in total. The summed E-state index contributed by atoms with van der Waals surface area (Å²) in [5.41, 5.74) is 8.29. The van der Waals surface area contributed by atoms with E-state index in [9.17, 15) is 4.79 Å². The van der Waals surface area contributed by atoms with Crippen LogP contribution in [0.3, 0.4) is 0 Å². The van der Waals surface area contributed by atoms with Crippen LogP contribution in [0.15, 0.2) is 30.5 Å². The fourth-order valence-electron chi connectivity index (χ4n) is 3.30. The quantitative estimate of drug-likeness (QED) is 0.659. The van der Waals surface area contributed by atoms with Crippen molar-refractivity contribution in [3.8, 4) is 16.9 Å². The van der Waals surface area contributed by atoms with Crippen LogP contribution in [0.5, 0.6) is 5.75 Å². The van der Waals surface area contributed by atoms with E-state index in [1.54, 1.807) is 7.11 Å². The summed E-state index contributed by atoms with van der Waals surface area (Å²) in [4.78, 5) is 11.7. The maximum Gasteiger partial charge on any atom is 0.167 e. The molecule has 3 rings (SSSR count). The van der Waals surface area contributed by atoms with E-state index >= 15 is 0 Å². The highest BCUT2D eigenvalue weighted by atomic mass is 16.5. The zero-order chi connectivity index (χ0) is 16.7. The highest BCUT2D eigenvalue weighted by Crippen LogP contribution is 2.36. The molecule has 0 aliphatic heterocycles. The Bertz CT molecular complexity index is 919. The number of aromatic nitrogens is 1. The van der Waals surface area contributed by atoms with Gasteiger partial charge in [-0.2, -0.15) is 0 Å². The van der Waals surface area contributed by atoms with Crippen LogP contribution < -0.4 is 4.74 Å². The van der Waals surface area contributed by atoms with Crippen LogP contribution in [0.4, 0.5) is 0 Å². The van der Waals surface area contributed by atoms with Gasteiger partial charge in [-0.1, -0.05) is 0 Å². The van der Waals surface area contributed by atoms with Gasteiger partial charge in [0.15, 0.2) is 6.29 Å².